The van der Waals surface area contributed by atoms with Gasteiger partial charge in [-0.2, -0.15) is 13.1 Å². The number of anilines is 1. The molecule has 0 fully saturated rings. The molecule has 33 heavy (non-hydrogen) atoms. The number of nitrogens with two attached hydrogens (primary N) is 1. The number of thiophene rings is 1. The minimum Gasteiger partial charge on any atom is -0.435 e. The van der Waals surface area contributed by atoms with Crippen LogP contribution in [-0.2, 0) is 15.5 Å². The maximum Gasteiger partial charge on any atom is 0.387 e. The minimum atomic E-state index is -3.49. The first-order valence-corrected chi connectivity index (χ1v) is 12.9. The van der Waals surface area contributed by atoms with E-state index in [-0.39, 0.29) is 21.8 Å². The molecule has 2 atom stereocenters. The van der Waals surface area contributed by atoms with Gasteiger partial charge in [0, 0.05) is 10.6 Å². The summed E-state index contributed by atoms with van der Waals surface area (Å²) in [5.74, 6) is -0.186. The van der Waals surface area contributed by atoms with Crippen molar-refractivity contribution in [3.8, 4) is 5.75 Å². The number of rotatable bonds is 9. The van der Waals surface area contributed by atoms with Gasteiger partial charge in [0.15, 0.2) is 0 Å². The number of hydrogen-bond acceptors (Lipinski definition) is 7. The molecule has 0 aliphatic carbocycles. The molecule has 1 aromatic heterocycles. The van der Waals surface area contributed by atoms with Crippen LogP contribution in [0, 0.1) is 6.92 Å². The Bertz CT molecular complexity index is 1070. The Morgan fingerprint density at radius 1 is 1.15 bits per heavy atom. The van der Waals surface area contributed by atoms with Crippen LogP contribution < -0.4 is 15.2 Å². The number of aliphatic hydroxyl groups excluding tert-OH is 1. The number of nitrogens with one attached hydrogen (secondary N) is 1. The molecular formula is C22H33F2N3O4S2. The Kier molecular flexibility index (Phi) is 8.51. The van der Waals surface area contributed by atoms with Crippen molar-refractivity contribution in [2.24, 2.45) is 9.50 Å². The fraction of sp³-hybridized carbons (Fsp3) is 0.545. The Labute approximate surface area is 198 Å². The zero-order valence-electron chi connectivity index (χ0n) is 19.8. The fourth-order valence-electron chi connectivity index (χ4n) is 3.32. The number of benzene rings is 1. The molecule has 2 rings (SSSR count). The second-order valence-electron chi connectivity index (χ2n) is 9.00. The van der Waals surface area contributed by atoms with Crippen molar-refractivity contribution in [1.82, 2.24) is 0 Å². The van der Waals surface area contributed by atoms with Gasteiger partial charge in [0.25, 0.3) is 0 Å². The molecule has 2 aromatic rings. The van der Waals surface area contributed by atoms with E-state index >= 15 is 0 Å². The summed E-state index contributed by atoms with van der Waals surface area (Å²) in [5.41, 5.74) is 1.21. The molecule has 0 aliphatic heterocycles. The van der Waals surface area contributed by atoms with Crippen LogP contribution in [0.25, 0.3) is 0 Å². The molecule has 7 nitrogen and oxygen atoms in total. The molecule has 5 N–H and O–H groups in total. The lowest BCUT2D eigenvalue weighted by atomic mass is 9.92. The summed E-state index contributed by atoms with van der Waals surface area (Å²) in [6.07, 6.45) is -1.63. The minimum absolute atomic E-state index is 0.0188. The largest absolute Gasteiger partial charge is 0.435 e. The SMILES string of the molecule is Cc1cc(C(C)(C)O)sc1S(N)(=O)=NC(O)Nc1c(C(C)C)cc(OC(F)F)cc1C(C)C. The molecule has 11 heteroatoms. The average Bonchev–Trinajstić information content (AvgIpc) is 3.04. The number of halogens is 2. The van der Waals surface area contributed by atoms with Gasteiger partial charge in [-0.15, -0.1) is 11.3 Å². The molecule has 1 heterocycles. The van der Waals surface area contributed by atoms with Crippen LogP contribution in [0.5, 0.6) is 5.75 Å². The molecule has 0 saturated heterocycles. The summed E-state index contributed by atoms with van der Waals surface area (Å²) < 4.78 is 47.6. The standard InChI is InChI=1S/C22H33F2N3O4S2/c1-11(2)15-9-14(31-20(23)24)10-16(12(3)4)18(15)26-21(28)27-33(25,30)19-13(5)8-17(32-19)22(6,7)29/h8-12,20-21,26,28-29H,1-7H3,(H2,25,27,30). The molecule has 0 aliphatic rings. The van der Waals surface area contributed by atoms with E-state index < -0.39 is 28.5 Å². The number of alkyl halides is 2. The Morgan fingerprint density at radius 3 is 2.06 bits per heavy atom. The van der Waals surface area contributed by atoms with Crippen molar-refractivity contribution in [3.05, 3.63) is 39.8 Å². The van der Waals surface area contributed by atoms with E-state index in [1.54, 1.807) is 26.8 Å². The van der Waals surface area contributed by atoms with Gasteiger partial charge in [0.1, 0.15) is 19.9 Å². The first-order chi connectivity index (χ1) is 15.0. The fourth-order valence-corrected chi connectivity index (χ4v) is 6.06. The van der Waals surface area contributed by atoms with Gasteiger partial charge >= 0.3 is 6.61 Å². The molecule has 2 unspecified atom stereocenters. The van der Waals surface area contributed by atoms with E-state index in [2.05, 4.69) is 14.4 Å². The molecule has 0 spiro atoms. The van der Waals surface area contributed by atoms with Gasteiger partial charge in [0.2, 0.25) is 6.35 Å². The number of aryl methyl sites for hydroxylation is 1. The molecule has 0 radical (unpaired) electrons. The van der Waals surface area contributed by atoms with E-state index in [4.69, 9.17) is 5.14 Å². The number of nitrogens with zero attached hydrogens (tertiary/aromatic N) is 1. The van der Waals surface area contributed by atoms with Gasteiger partial charge in [-0.05, 0) is 67.5 Å². The van der Waals surface area contributed by atoms with Gasteiger partial charge in [-0.3, -0.25) is 0 Å². The molecule has 0 amide bonds. The smallest absolute Gasteiger partial charge is 0.387 e. The molecule has 0 bridgehead atoms. The second kappa shape index (κ2) is 10.2. The Hall–Kier alpha value is -1.79. The monoisotopic (exact) mass is 505 g/mol. The zero-order valence-corrected chi connectivity index (χ0v) is 21.5. The number of aliphatic hydroxyl groups is 2. The third-order valence-corrected chi connectivity index (χ3v) is 8.59. The maximum atomic E-state index is 13.2. The molecule has 0 saturated carbocycles. The highest BCUT2D eigenvalue weighted by atomic mass is 32.2. The lowest BCUT2D eigenvalue weighted by molar-refractivity contribution is -0.0499. The van der Waals surface area contributed by atoms with Crippen LogP contribution in [0.4, 0.5) is 14.5 Å². The topological polar surface area (TPSA) is 117 Å². The summed E-state index contributed by atoms with van der Waals surface area (Å²) in [6, 6.07) is 4.66. The Morgan fingerprint density at radius 2 is 1.67 bits per heavy atom. The maximum absolute atomic E-state index is 13.2. The normalized spacial score (nSPS) is 15.1. The lowest BCUT2D eigenvalue weighted by Gasteiger charge is -2.24. The van der Waals surface area contributed by atoms with Crippen LogP contribution in [0.1, 0.15) is 74.9 Å². The average molecular weight is 506 g/mol. The zero-order chi connectivity index (χ0) is 25.3. The van der Waals surface area contributed by atoms with E-state index in [1.165, 1.54) is 12.1 Å². The Balaban J connectivity index is 2.51. The van der Waals surface area contributed by atoms with E-state index in [0.29, 0.717) is 27.3 Å². The van der Waals surface area contributed by atoms with Crippen molar-refractivity contribution in [2.45, 2.75) is 83.1 Å². The van der Waals surface area contributed by atoms with Crippen molar-refractivity contribution in [1.29, 1.82) is 0 Å². The van der Waals surface area contributed by atoms with Gasteiger partial charge in [0.05, 0.1) is 5.60 Å². The number of ether oxygens (including phenoxy) is 1. The lowest BCUT2D eigenvalue weighted by Crippen LogP contribution is -2.24. The summed E-state index contributed by atoms with van der Waals surface area (Å²) in [5, 5.41) is 29.7. The van der Waals surface area contributed by atoms with Crippen molar-refractivity contribution in [2.75, 3.05) is 5.32 Å². The van der Waals surface area contributed by atoms with Crippen molar-refractivity contribution in [3.63, 3.8) is 0 Å². The third kappa shape index (κ3) is 6.86. The van der Waals surface area contributed by atoms with Crippen LogP contribution in [0.15, 0.2) is 26.8 Å². The number of hydrogen-bond donors (Lipinski definition) is 4. The predicted molar refractivity (Wildman–Crippen MR) is 128 cm³/mol. The van der Waals surface area contributed by atoms with E-state index in [9.17, 15) is 23.2 Å². The predicted octanol–water partition coefficient (Wildman–Crippen LogP) is 5.22. The summed E-state index contributed by atoms with van der Waals surface area (Å²) in [7, 11) is -3.49. The highest BCUT2D eigenvalue weighted by molar-refractivity contribution is 7.93. The van der Waals surface area contributed by atoms with Crippen molar-refractivity contribution < 1.29 is 27.9 Å². The van der Waals surface area contributed by atoms with E-state index in [1.807, 2.05) is 27.7 Å². The van der Waals surface area contributed by atoms with Crippen molar-refractivity contribution >= 4 is 26.9 Å². The molecule has 1 aromatic carbocycles. The molecular weight excluding hydrogens is 472 g/mol. The van der Waals surface area contributed by atoms with Crippen LogP contribution in [0.2, 0.25) is 0 Å². The third-order valence-electron chi connectivity index (χ3n) is 4.91. The van der Waals surface area contributed by atoms with Gasteiger partial charge in [-0.1, -0.05) is 27.7 Å². The summed E-state index contributed by atoms with van der Waals surface area (Å²) >= 11 is 1.07. The quantitative estimate of drug-likeness (QED) is 0.349. The summed E-state index contributed by atoms with van der Waals surface area (Å²) in [6.45, 7) is 9.46. The second-order valence-corrected chi connectivity index (χ2v) is 12.1. The van der Waals surface area contributed by atoms with E-state index in [0.717, 1.165) is 11.3 Å². The highest BCUT2D eigenvalue weighted by Crippen LogP contribution is 2.38. The molecule has 186 valence electrons. The first-order valence-electron chi connectivity index (χ1n) is 10.5. The van der Waals surface area contributed by atoms with Crippen LogP contribution in [0.3, 0.4) is 0 Å². The highest BCUT2D eigenvalue weighted by Gasteiger charge is 2.25. The summed E-state index contributed by atoms with van der Waals surface area (Å²) in [4.78, 5) is 0.574. The van der Waals surface area contributed by atoms with Crippen LogP contribution in [-0.4, -0.2) is 27.4 Å². The first kappa shape index (κ1) is 27.5. The van der Waals surface area contributed by atoms with Crippen LogP contribution >= 0.6 is 11.3 Å². The van der Waals surface area contributed by atoms with Gasteiger partial charge < -0.3 is 20.3 Å². The van der Waals surface area contributed by atoms with Gasteiger partial charge in [-0.25, -0.2) is 9.35 Å².